The molecular weight excluding hydrogens is 296 g/mol. The van der Waals surface area contributed by atoms with Gasteiger partial charge in [0.05, 0.1) is 0 Å². The van der Waals surface area contributed by atoms with Crippen molar-refractivity contribution in [2.24, 2.45) is 0 Å². The van der Waals surface area contributed by atoms with Gasteiger partial charge in [-0.05, 0) is 53.8 Å². The van der Waals surface area contributed by atoms with Gasteiger partial charge in [-0.3, -0.25) is 4.79 Å². The molecular formula is C22H20O2. The molecule has 0 atom stereocenters. The van der Waals surface area contributed by atoms with E-state index in [1.807, 2.05) is 48.5 Å². The molecule has 0 N–H and O–H groups in total. The molecule has 0 aliphatic carbocycles. The number of ether oxygens (including phenoxy) is 1. The van der Waals surface area contributed by atoms with Crippen LogP contribution >= 0.6 is 0 Å². The molecule has 0 unspecified atom stereocenters. The van der Waals surface area contributed by atoms with Gasteiger partial charge in [-0.25, -0.2) is 0 Å². The molecule has 0 heterocycles. The van der Waals surface area contributed by atoms with E-state index in [4.69, 9.17) is 4.74 Å². The van der Waals surface area contributed by atoms with Crippen LogP contribution in [0.5, 0.6) is 5.75 Å². The quantitative estimate of drug-likeness (QED) is 0.592. The number of aldehydes is 1. The summed E-state index contributed by atoms with van der Waals surface area (Å²) in [5.41, 5.74) is 6.31. The first-order chi connectivity index (χ1) is 11.7. The summed E-state index contributed by atoms with van der Waals surface area (Å²) in [4.78, 5) is 11.0. The highest BCUT2D eigenvalue weighted by molar-refractivity contribution is 5.80. The monoisotopic (exact) mass is 316 g/mol. The summed E-state index contributed by atoms with van der Waals surface area (Å²) in [6.07, 6.45) is 0.878. The summed E-state index contributed by atoms with van der Waals surface area (Å²) in [7, 11) is 0. The molecule has 3 rings (SSSR count). The molecule has 0 saturated heterocycles. The molecule has 0 radical (unpaired) electrons. The lowest BCUT2D eigenvalue weighted by atomic mass is 9.95. The van der Waals surface area contributed by atoms with Gasteiger partial charge in [0.1, 0.15) is 18.6 Å². The summed E-state index contributed by atoms with van der Waals surface area (Å²) in [5, 5.41) is 0. The Morgan fingerprint density at radius 2 is 1.67 bits per heavy atom. The van der Waals surface area contributed by atoms with Crippen LogP contribution in [0.1, 0.15) is 27.0 Å². The minimum Gasteiger partial charge on any atom is -0.489 e. The van der Waals surface area contributed by atoms with E-state index in [2.05, 4.69) is 32.0 Å². The van der Waals surface area contributed by atoms with E-state index in [1.165, 1.54) is 5.56 Å². The summed E-state index contributed by atoms with van der Waals surface area (Å²) in [6.45, 7) is 4.72. The fourth-order valence-corrected chi connectivity index (χ4v) is 2.78. The Balaban J connectivity index is 1.87. The summed E-state index contributed by atoms with van der Waals surface area (Å²) in [6, 6.07) is 21.9. The Labute approximate surface area is 142 Å². The Morgan fingerprint density at radius 1 is 0.875 bits per heavy atom. The van der Waals surface area contributed by atoms with Crippen LogP contribution in [0.2, 0.25) is 0 Å². The van der Waals surface area contributed by atoms with Crippen LogP contribution in [0.25, 0.3) is 11.1 Å². The molecule has 120 valence electrons. The van der Waals surface area contributed by atoms with E-state index >= 15 is 0 Å². The highest BCUT2D eigenvalue weighted by Gasteiger charge is 2.10. The zero-order valence-corrected chi connectivity index (χ0v) is 14.0. The van der Waals surface area contributed by atoms with Crippen LogP contribution in [0.4, 0.5) is 0 Å². The van der Waals surface area contributed by atoms with Gasteiger partial charge in [-0.15, -0.1) is 0 Å². The maximum atomic E-state index is 11.0. The van der Waals surface area contributed by atoms with Crippen molar-refractivity contribution in [3.63, 3.8) is 0 Å². The van der Waals surface area contributed by atoms with Gasteiger partial charge in [0, 0.05) is 5.56 Å². The van der Waals surface area contributed by atoms with Crippen molar-refractivity contribution in [2.75, 3.05) is 0 Å². The van der Waals surface area contributed by atoms with E-state index in [9.17, 15) is 4.79 Å². The molecule has 0 spiro atoms. The molecule has 0 aromatic heterocycles. The minimum absolute atomic E-state index is 0.557. The molecule has 0 amide bonds. The molecule has 0 saturated carbocycles. The van der Waals surface area contributed by atoms with Gasteiger partial charge in [0.2, 0.25) is 0 Å². The standard InChI is InChI=1S/C22H20O2/c1-16-17(2)22(24-15-18-7-4-3-5-8-18)12-11-21(16)20-10-6-9-19(13-20)14-23/h3-14H,15H2,1-2H3. The van der Waals surface area contributed by atoms with Gasteiger partial charge < -0.3 is 4.74 Å². The van der Waals surface area contributed by atoms with Crippen molar-refractivity contribution in [3.8, 4) is 16.9 Å². The molecule has 0 aliphatic heterocycles. The SMILES string of the molecule is Cc1c(OCc2ccccc2)ccc(-c2cccc(C=O)c2)c1C. The lowest BCUT2D eigenvalue weighted by Gasteiger charge is -2.15. The van der Waals surface area contributed by atoms with Gasteiger partial charge in [0.25, 0.3) is 0 Å². The number of rotatable bonds is 5. The molecule has 3 aromatic rings. The molecule has 0 aliphatic rings. The maximum absolute atomic E-state index is 11.0. The number of benzene rings is 3. The van der Waals surface area contributed by atoms with Gasteiger partial charge in [-0.1, -0.05) is 54.6 Å². The van der Waals surface area contributed by atoms with Gasteiger partial charge >= 0.3 is 0 Å². The number of carbonyl (C=O) groups excluding carboxylic acids is 1. The van der Waals surface area contributed by atoms with Gasteiger partial charge in [0.15, 0.2) is 0 Å². The number of carbonyl (C=O) groups is 1. The smallest absolute Gasteiger partial charge is 0.150 e. The Bertz CT molecular complexity index is 851. The third-order valence-electron chi connectivity index (χ3n) is 4.31. The van der Waals surface area contributed by atoms with Crippen LogP contribution in [0.3, 0.4) is 0 Å². The predicted molar refractivity (Wildman–Crippen MR) is 97.5 cm³/mol. The fraction of sp³-hybridized carbons (Fsp3) is 0.136. The summed E-state index contributed by atoms with van der Waals surface area (Å²) >= 11 is 0. The average Bonchev–Trinajstić information content (AvgIpc) is 2.64. The number of hydrogen-bond donors (Lipinski definition) is 0. The van der Waals surface area contributed by atoms with E-state index in [0.717, 1.165) is 34.3 Å². The topological polar surface area (TPSA) is 26.3 Å². The first-order valence-corrected chi connectivity index (χ1v) is 8.01. The Hall–Kier alpha value is -2.87. The normalized spacial score (nSPS) is 10.4. The van der Waals surface area contributed by atoms with Crippen molar-refractivity contribution >= 4 is 6.29 Å². The third kappa shape index (κ3) is 3.38. The minimum atomic E-state index is 0.557. The van der Waals surface area contributed by atoms with Crippen LogP contribution in [-0.2, 0) is 6.61 Å². The Morgan fingerprint density at radius 3 is 2.42 bits per heavy atom. The highest BCUT2D eigenvalue weighted by Crippen LogP contribution is 2.31. The largest absolute Gasteiger partial charge is 0.489 e. The average molecular weight is 316 g/mol. The molecule has 0 fully saturated rings. The van der Waals surface area contributed by atoms with Gasteiger partial charge in [-0.2, -0.15) is 0 Å². The van der Waals surface area contributed by atoms with E-state index in [-0.39, 0.29) is 0 Å². The second kappa shape index (κ2) is 7.14. The second-order valence-electron chi connectivity index (χ2n) is 5.88. The van der Waals surface area contributed by atoms with Crippen LogP contribution in [-0.4, -0.2) is 6.29 Å². The molecule has 0 bridgehead atoms. The number of hydrogen-bond acceptors (Lipinski definition) is 2. The van der Waals surface area contributed by atoms with Crippen molar-refractivity contribution in [1.82, 2.24) is 0 Å². The predicted octanol–water partition coefficient (Wildman–Crippen LogP) is 5.36. The summed E-state index contributed by atoms with van der Waals surface area (Å²) < 4.78 is 5.98. The highest BCUT2D eigenvalue weighted by atomic mass is 16.5. The van der Waals surface area contributed by atoms with Crippen molar-refractivity contribution in [1.29, 1.82) is 0 Å². The lowest BCUT2D eigenvalue weighted by Crippen LogP contribution is -1.99. The zero-order valence-electron chi connectivity index (χ0n) is 14.0. The summed E-state index contributed by atoms with van der Waals surface area (Å²) in [5.74, 6) is 0.895. The third-order valence-corrected chi connectivity index (χ3v) is 4.31. The van der Waals surface area contributed by atoms with E-state index < -0.39 is 0 Å². The second-order valence-corrected chi connectivity index (χ2v) is 5.88. The first kappa shape index (κ1) is 16.0. The van der Waals surface area contributed by atoms with E-state index in [0.29, 0.717) is 12.2 Å². The molecule has 3 aromatic carbocycles. The van der Waals surface area contributed by atoms with Crippen LogP contribution < -0.4 is 4.74 Å². The maximum Gasteiger partial charge on any atom is 0.150 e. The van der Waals surface area contributed by atoms with Crippen LogP contribution in [0.15, 0.2) is 66.7 Å². The first-order valence-electron chi connectivity index (χ1n) is 8.01. The van der Waals surface area contributed by atoms with Crippen molar-refractivity contribution in [3.05, 3.63) is 89.0 Å². The molecule has 2 heteroatoms. The fourth-order valence-electron chi connectivity index (χ4n) is 2.78. The molecule has 2 nitrogen and oxygen atoms in total. The molecule has 24 heavy (non-hydrogen) atoms. The van der Waals surface area contributed by atoms with Crippen molar-refractivity contribution in [2.45, 2.75) is 20.5 Å². The lowest BCUT2D eigenvalue weighted by molar-refractivity contribution is 0.112. The van der Waals surface area contributed by atoms with Crippen LogP contribution in [0, 0.1) is 13.8 Å². The van der Waals surface area contributed by atoms with Crippen molar-refractivity contribution < 1.29 is 9.53 Å². The van der Waals surface area contributed by atoms with E-state index in [1.54, 1.807) is 0 Å². The zero-order chi connectivity index (χ0) is 16.9. The Kier molecular flexibility index (Phi) is 4.76.